The summed E-state index contributed by atoms with van der Waals surface area (Å²) in [5.41, 5.74) is 0.962. The number of methoxy groups -OCH3 is 1. The topological polar surface area (TPSA) is 72.3 Å². The third-order valence-electron chi connectivity index (χ3n) is 3.92. The highest BCUT2D eigenvalue weighted by atomic mass is 16.5. The molecule has 2 rings (SSSR count). The number of aryl methyl sites for hydroxylation is 1. The number of ether oxygens (including phenoxy) is 1. The normalized spacial score (nSPS) is 11.8. The lowest BCUT2D eigenvalue weighted by Gasteiger charge is -2.26. The molecule has 0 unspecified atom stereocenters. The number of carbonyl (C=O) groups is 1. The minimum atomic E-state index is -0.172. The van der Waals surface area contributed by atoms with Crippen molar-refractivity contribution in [2.45, 2.75) is 33.0 Å². The fourth-order valence-corrected chi connectivity index (χ4v) is 2.36. The predicted molar refractivity (Wildman–Crippen MR) is 87.1 cm³/mol. The molecule has 0 radical (unpaired) electrons. The van der Waals surface area contributed by atoms with E-state index in [1.165, 1.54) is 0 Å². The summed E-state index contributed by atoms with van der Waals surface area (Å²) >= 11 is 0. The number of urea groups is 1. The first-order chi connectivity index (χ1) is 11.1. The molecule has 2 amide bonds. The quantitative estimate of drug-likeness (QED) is 0.886. The average Bonchev–Trinajstić information content (AvgIpc) is 3.05. The molecular weight excluding hydrogens is 294 g/mol. The molecule has 0 aliphatic rings. The monoisotopic (exact) mass is 317 g/mol. The van der Waals surface area contributed by atoms with Gasteiger partial charge in [0, 0.05) is 19.2 Å². The van der Waals surface area contributed by atoms with Crippen LogP contribution in [0.15, 0.2) is 30.6 Å². The number of nitrogens with one attached hydrogen (secondary N) is 1. The van der Waals surface area contributed by atoms with E-state index < -0.39 is 0 Å². The van der Waals surface area contributed by atoms with Crippen LogP contribution in [0.2, 0.25) is 0 Å². The van der Waals surface area contributed by atoms with Crippen molar-refractivity contribution in [2.24, 2.45) is 0 Å². The maximum atomic E-state index is 12.4. The summed E-state index contributed by atoms with van der Waals surface area (Å²) in [4.78, 5) is 14.0. The summed E-state index contributed by atoms with van der Waals surface area (Å²) in [6, 6.07) is 7.41. The molecule has 0 saturated heterocycles. The zero-order valence-corrected chi connectivity index (χ0v) is 14.0. The highest BCUT2D eigenvalue weighted by molar-refractivity contribution is 5.74. The number of amides is 2. The van der Waals surface area contributed by atoms with Gasteiger partial charge in [-0.3, -0.25) is 0 Å². The summed E-state index contributed by atoms with van der Waals surface area (Å²) in [5, 5.41) is 10.7. The molecule has 0 fully saturated rings. The summed E-state index contributed by atoms with van der Waals surface area (Å²) in [6.45, 7) is 5.08. The van der Waals surface area contributed by atoms with Crippen LogP contribution in [0.25, 0.3) is 0 Å². The number of benzene rings is 1. The number of rotatable bonds is 6. The van der Waals surface area contributed by atoms with E-state index in [1.54, 1.807) is 25.4 Å². The summed E-state index contributed by atoms with van der Waals surface area (Å²) in [5.74, 6) is 1.50. The first-order valence-corrected chi connectivity index (χ1v) is 7.58. The summed E-state index contributed by atoms with van der Waals surface area (Å²) in [7, 11) is 3.39. The van der Waals surface area contributed by atoms with E-state index in [2.05, 4.69) is 15.5 Å². The van der Waals surface area contributed by atoms with Gasteiger partial charge in [0.2, 0.25) is 0 Å². The van der Waals surface area contributed by atoms with E-state index in [-0.39, 0.29) is 12.1 Å². The highest BCUT2D eigenvalue weighted by Crippen LogP contribution is 2.27. The lowest BCUT2D eigenvalue weighted by atomic mass is 10.1. The van der Waals surface area contributed by atoms with Gasteiger partial charge in [-0.05, 0) is 19.9 Å². The third-order valence-corrected chi connectivity index (χ3v) is 3.92. The van der Waals surface area contributed by atoms with Gasteiger partial charge in [-0.1, -0.05) is 18.2 Å². The molecule has 1 aromatic heterocycles. The molecule has 0 aliphatic heterocycles. The molecule has 0 aliphatic carbocycles. The first-order valence-electron chi connectivity index (χ1n) is 7.58. The van der Waals surface area contributed by atoms with Crippen LogP contribution in [0.5, 0.6) is 5.75 Å². The Morgan fingerprint density at radius 3 is 2.87 bits per heavy atom. The van der Waals surface area contributed by atoms with Crippen LogP contribution in [0.4, 0.5) is 4.79 Å². The highest BCUT2D eigenvalue weighted by Gasteiger charge is 2.20. The third kappa shape index (κ3) is 3.80. The van der Waals surface area contributed by atoms with Crippen molar-refractivity contribution in [3.05, 3.63) is 42.0 Å². The predicted octanol–water partition coefficient (Wildman–Crippen LogP) is 2.21. The SMILES string of the molecule is CCn1cnnc1CNC(=O)N(C)[C@H](C)c1ccccc1OC. The largest absolute Gasteiger partial charge is 0.496 e. The zero-order chi connectivity index (χ0) is 16.8. The van der Waals surface area contributed by atoms with E-state index in [4.69, 9.17) is 4.74 Å². The zero-order valence-electron chi connectivity index (χ0n) is 14.0. The molecule has 1 heterocycles. The Hall–Kier alpha value is -2.57. The van der Waals surface area contributed by atoms with Crippen molar-refractivity contribution in [3.63, 3.8) is 0 Å². The second kappa shape index (κ2) is 7.62. The summed E-state index contributed by atoms with van der Waals surface area (Å²) < 4.78 is 7.26. The standard InChI is InChI=1S/C16H23N5O2/c1-5-21-11-18-19-15(21)10-17-16(22)20(3)12(2)13-8-6-7-9-14(13)23-4/h6-9,11-12H,5,10H2,1-4H3,(H,17,22)/t12-/m1/s1. The molecule has 1 atom stereocenters. The molecule has 124 valence electrons. The van der Waals surface area contributed by atoms with E-state index in [9.17, 15) is 4.79 Å². The second-order valence-electron chi connectivity index (χ2n) is 5.22. The van der Waals surface area contributed by atoms with Gasteiger partial charge in [0.25, 0.3) is 0 Å². The molecule has 0 spiro atoms. The van der Waals surface area contributed by atoms with Gasteiger partial charge in [-0.25, -0.2) is 4.79 Å². The average molecular weight is 317 g/mol. The van der Waals surface area contributed by atoms with Crippen LogP contribution in [0.3, 0.4) is 0 Å². The number of para-hydroxylation sites is 1. The van der Waals surface area contributed by atoms with Gasteiger partial charge >= 0.3 is 6.03 Å². The molecule has 0 saturated carbocycles. The Labute approximate surface area is 136 Å². The molecule has 0 bridgehead atoms. The van der Waals surface area contributed by atoms with Crippen molar-refractivity contribution in [2.75, 3.05) is 14.2 Å². The molecule has 1 aromatic carbocycles. The Morgan fingerprint density at radius 2 is 2.17 bits per heavy atom. The van der Waals surface area contributed by atoms with Gasteiger partial charge in [0.15, 0.2) is 5.82 Å². The molecule has 2 aromatic rings. The number of aromatic nitrogens is 3. The Morgan fingerprint density at radius 1 is 1.43 bits per heavy atom. The van der Waals surface area contributed by atoms with Crippen LogP contribution in [-0.4, -0.2) is 39.9 Å². The summed E-state index contributed by atoms with van der Waals surface area (Å²) in [6.07, 6.45) is 1.66. The maximum absolute atomic E-state index is 12.4. The van der Waals surface area contributed by atoms with Gasteiger partial charge in [-0.2, -0.15) is 0 Å². The van der Waals surface area contributed by atoms with Crippen LogP contribution in [-0.2, 0) is 13.1 Å². The van der Waals surface area contributed by atoms with Gasteiger partial charge in [0.05, 0.1) is 19.7 Å². The Bertz CT molecular complexity index is 655. The van der Waals surface area contributed by atoms with E-state index >= 15 is 0 Å². The number of hydrogen-bond donors (Lipinski definition) is 1. The van der Waals surface area contributed by atoms with Crippen LogP contribution < -0.4 is 10.1 Å². The molecule has 1 N–H and O–H groups in total. The minimum absolute atomic E-state index is 0.116. The number of nitrogens with zero attached hydrogens (tertiary/aromatic N) is 4. The fourth-order valence-electron chi connectivity index (χ4n) is 2.36. The smallest absolute Gasteiger partial charge is 0.318 e. The van der Waals surface area contributed by atoms with E-state index in [0.29, 0.717) is 6.54 Å². The molecule has 7 nitrogen and oxygen atoms in total. The number of hydrogen-bond acceptors (Lipinski definition) is 4. The van der Waals surface area contributed by atoms with Crippen molar-refractivity contribution in [1.82, 2.24) is 25.0 Å². The van der Waals surface area contributed by atoms with Gasteiger partial charge < -0.3 is 19.5 Å². The van der Waals surface area contributed by atoms with Crippen molar-refractivity contribution in [3.8, 4) is 5.75 Å². The van der Waals surface area contributed by atoms with Crippen LogP contribution in [0.1, 0.15) is 31.3 Å². The fraction of sp³-hybridized carbons (Fsp3) is 0.438. The maximum Gasteiger partial charge on any atom is 0.318 e. The van der Waals surface area contributed by atoms with Crippen molar-refractivity contribution < 1.29 is 9.53 Å². The van der Waals surface area contributed by atoms with Gasteiger partial charge in [-0.15, -0.1) is 10.2 Å². The molecule has 7 heteroatoms. The van der Waals surface area contributed by atoms with Crippen LogP contribution in [0, 0.1) is 0 Å². The molecule has 23 heavy (non-hydrogen) atoms. The lowest BCUT2D eigenvalue weighted by molar-refractivity contribution is 0.192. The Kier molecular flexibility index (Phi) is 5.56. The van der Waals surface area contributed by atoms with E-state index in [0.717, 1.165) is 23.7 Å². The second-order valence-corrected chi connectivity index (χ2v) is 5.22. The molecular formula is C16H23N5O2. The first kappa shape index (κ1) is 16.8. The van der Waals surface area contributed by atoms with Crippen molar-refractivity contribution in [1.29, 1.82) is 0 Å². The van der Waals surface area contributed by atoms with Gasteiger partial charge in [0.1, 0.15) is 12.1 Å². The number of carbonyl (C=O) groups excluding carboxylic acids is 1. The Balaban J connectivity index is 2.01. The lowest BCUT2D eigenvalue weighted by Crippen LogP contribution is -2.39. The van der Waals surface area contributed by atoms with E-state index in [1.807, 2.05) is 42.7 Å². The van der Waals surface area contributed by atoms with Crippen molar-refractivity contribution >= 4 is 6.03 Å². The van der Waals surface area contributed by atoms with Crippen LogP contribution >= 0.6 is 0 Å². The minimum Gasteiger partial charge on any atom is -0.496 e.